The van der Waals surface area contributed by atoms with E-state index in [4.69, 9.17) is 0 Å². The topological polar surface area (TPSA) is 84.3 Å². The van der Waals surface area contributed by atoms with E-state index in [1.54, 1.807) is 12.1 Å². The van der Waals surface area contributed by atoms with Crippen molar-refractivity contribution >= 4 is 17.3 Å². The number of anilines is 1. The van der Waals surface area contributed by atoms with Gasteiger partial charge in [-0.1, -0.05) is 6.07 Å². The molecule has 0 heterocycles. The van der Waals surface area contributed by atoms with Crippen molar-refractivity contribution in [2.75, 3.05) is 11.9 Å². The van der Waals surface area contributed by atoms with E-state index < -0.39 is 4.92 Å². The van der Waals surface area contributed by atoms with Crippen molar-refractivity contribution in [2.45, 2.75) is 32.7 Å². The van der Waals surface area contributed by atoms with Crippen LogP contribution < -0.4 is 10.6 Å². The van der Waals surface area contributed by atoms with E-state index in [1.165, 1.54) is 6.07 Å². The molecule has 0 radical (unpaired) electrons. The van der Waals surface area contributed by atoms with Gasteiger partial charge in [0, 0.05) is 12.6 Å². The smallest absolute Gasteiger partial charge is 0.305 e. The molecule has 6 heteroatoms. The van der Waals surface area contributed by atoms with Crippen LogP contribution in [0.1, 0.15) is 37.0 Å². The molecule has 0 aromatic heterocycles. The Morgan fingerprint density at radius 3 is 2.75 bits per heavy atom. The molecule has 108 valence electrons. The van der Waals surface area contributed by atoms with Gasteiger partial charge in [-0.25, -0.2) is 0 Å². The monoisotopic (exact) mass is 277 g/mol. The van der Waals surface area contributed by atoms with Crippen molar-refractivity contribution < 1.29 is 9.72 Å². The summed E-state index contributed by atoms with van der Waals surface area (Å²) in [5.41, 5.74) is 0.333. The molecule has 2 N–H and O–H groups in total. The SMILES string of the molecule is CCNc1cccc(C(=O)NC(C)C2CC2)c1[N+](=O)[O-]. The number of nitrogens with zero attached hydrogens (tertiary/aromatic N) is 1. The molecule has 1 saturated carbocycles. The summed E-state index contributed by atoms with van der Waals surface area (Å²) in [5, 5.41) is 17.0. The second-order valence-corrected chi connectivity index (χ2v) is 5.09. The molecule has 1 aliphatic rings. The zero-order chi connectivity index (χ0) is 14.7. The molecular formula is C14H19N3O3. The normalized spacial score (nSPS) is 15.5. The van der Waals surface area contributed by atoms with E-state index >= 15 is 0 Å². The van der Waals surface area contributed by atoms with E-state index in [0.29, 0.717) is 18.2 Å². The van der Waals surface area contributed by atoms with Crippen LogP contribution in [0, 0.1) is 16.0 Å². The minimum absolute atomic E-state index is 0.0601. The van der Waals surface area contributed by atoms with Gasteiger partial charge in [0.15, 0.2) is 0 Å². The number of amides is 1. The Labute approximate surface area is 117 Å². The Hall–Kier alpha value is -2.11. The highest BCUT2D eigenvalue weighted by molar-refractivity contribution is 6.00. The number of rotatable bonds is 6. The van der Waals surface area contributed by atoms with Crippen molar-refractivity contribution in [3.63, 3.8) is 0 Å². The molecule has 20 heavy (non-hydrogen) atoms. The number of hydrogen-bond donors (Lipinski definition) is 2. The number of benzene rings is 1. The lowest BCUT2D eigenvalue weighted by Gasteiger charge is -2.14. The van der Waals surface area contributed by atoms with Gasteiger partial charge in [0.2, 0.25) is 0 Å². The van der Waals surface area contributed by atoms with Crippen LogP contribution in [-0.4, -0.2) is 23.4 Å². The molecule has 1 amide bonds. The summed E-state index contributed by atoms with van der Waals surface area (Å²) in [7, 11) is 0. The summed E-state index contributed by atoms with van der Waals surface area (Å²) in [4.78, 5) is 23.0. The average molecular weight is 277 g/mol. The summed E-state index contributed by atoms with van der Waals surface area (Å²) in [6.07, 6.45) is 2.22. The Kier molecular flexibility index (Phi) is 4.22. The maximum atomic E-state index is 12.2. The van der Waals surface area contributed by atoms with Crippen LogP contribution in [0.15, 0.2) is 18.2 Å². The van der Waals surface area contributed by atoms with Gasteiger partial charge in [-0.05, 0) is 44.7 Å². The fourth-order valence-corrected chi connectivity index (χ4v) is 2.26. The first-order valence-electron chi connectivity index (χ1n) is 6.86. The van der Waals surface area contributed by atoms with Crippen LogP contribution in [-0.2, 0) is 0 Å². The van der Waals surface area contributed by atoms with Gasteiger partial charge in [0.25, 0.3) is 5.91 Å². The lowest BCUT2D eigenvalue weighted by molar-refractivity contribution is -0.384. The first kappa shape index (κ1) is 14.3. The lowest BCUT2D eigenvalue weighted by atomic mass is 10.1. The highest BCUT2D eigenvalue weighted by Gasteiger charge is 2.31. The zero-order valence-electron chi connectivity index (χ0n) is 11.7. The molecule has 1 aromatic carbocycles. The molecule has 6 nitrogen and oxygen atoms in total. The van der Waals surface area contributed by atoms with Crippen molar-refractivity contribution in [1.82, 2.24) is 5.32 Å². The molecule has 0 bridgehead atoms. The van der Waals surface area contributed by atoms with Crippen LogP contribution in [0.25, 0.3) is 0 Å². The first-order valence-corrected chi connectivity index (χ1v) is 6.86. The van der Waals surface area contributed by atoms with E-state index in [0.717, 1.165) is 12.8 Å². The van der Waals surface area contributed by atoms with Crippen LogP contribution in [0.5, 0.6) is 0 Å². The standard InChI is InChI=1S/C14H19N3O3/c1-3-15-12-6-4-5-11(13(12)17(19)20)14(18)16-9(2)10-7-8-10/h4-6,9-10,15H,3,7-8H2,1-2H3,(H,16,18). The summed E-state index contributed by atoms with van der Waals surface area (Å²) in [6.45, 7) is 4.35. The van der Waals surface area contributed by atoms with Gasteiger partial charge >= 0.3 is 5.69 Å². The number of hydrogen-bond acceptors (Lipinski definition) is 4. The van der Waals surface area contributed by atoms with Crippen molar-refractivity contribution in [3.05, 3.63) is 33.9 Å². The quantitative estimate of drug-likeness (QED) is 0.618. The van der Waals surface area contributed by atoms with E-state index in [-0.39, 0.29) is 23.2 Å². The van der Waals surface area contributed by atoms with Gasteiger partial charge < -0.3 is 10.6 Å². The number of para-hydroxylation sites is 1. The Morgan fingerprint density at radius 2 is 2.20 bits per heavy atom. The fraction of sp³-hybridized carbons (Fsp3) is 0.500. The molecule has 0 aliphatic heterocycles. The lowest BCUT2D eigenvalue weighted by Crippen LogP contribution is -2.34. The third-order valence-electron chi connectivity index (χ3n) is 3.52. The summed E-state index contributed by atoms with van der Waals surface area (Å²) < 4.78 is 0. The summed E-state index contributed by atoms with van der Waals surface area (Å²) in [6, 6.07) is 4.82. The Balaban J connectivity index is 2.26. The van der Waals surface area contributed by atoms with Gasteiger partial charge in [-0.3, -0.25) is 14.9 Å². The third kappa shape index (κ3) is 3.07. The van der Waals surface area contributed by atoms with Crippen molar-refractivity contribution in [1.29, 1.82) is 0 Å². The molecule has 0 spiro atoms. The predicted octanol–water partition coefficient (Wildman–Crippen LogP) is 2.55. The number of carbonyl (C=O) groups is 1. The first-order chi connectivity index (χ1) is 9.54. The predicted molar refractivity (Wildman–Crippen MR) is 76.9 cm³/mol. The minimum atomic E-state index is -0.505. The van der Waals surface area contributed by atoms with Gasteiger partial charge in [-0.2, -0.15) is 0 Å². The Morgan fingerprint density at radius 1 is 1.50 bits per heavy atom. The van der Waals surface area contributed by atoms with Crippen LogP contribution in [0.4, 0.5) is 11.4 Å². The second kappa shape index (κ2) is 5.90. The second-order valence-electron chi connectivity index (χ2n) is 5.09. The van der Waals surface area contributed by atoms with Crippen LogP contribution >= 0.6 is 0 Å². The van der Waals surface area contributed by atoms with Crippen LogP contribution in [0.3, 0.4) is 0 Å². The molecule has 1 fully saturated rings. The largest absolute Gasteiger partial charge is 0.380 e. The van der Waals surface area contributed by atoms with Gasteiger partial charge in [-0.15, -0.1) is 0 Å². The number of nitro groups is 1. The molecule has 0 saturated heterocycles. The van der Waals surface area contributed by atoms with E-state index in [9.17, 15) is 14.9 Å². The third-order valence-corrected chi connectivity index (χ3v) is 3.52. The van der Waals surface area contributed by atoms with E-state index in [1.807, 2.05) is 13.8 Å². The highest BCUT2D eigenvalue weighted by Crippen LogP contribution is 2.33. The molecule has 1 aromatic rings. The van der Waals surface area contributed by atoms with Crippen LogP contribution in [0.2, 0.25) is 0 Å². The molecule has 1 unspecified atom stereocenters. The molecule has 1 atom stereocenters. The molecule has 1 aliphatic carbocycles. The number of nitrogens with one attached hydrogen (secondary N) is 2. The molecular weight excluding hydrogens is 258 g/mol. The zero-order valence-corrected chi connectivity index (χ0v) is 11.7. The summed E-state index contributed by atoms with van der Waals surface area (Å²) >= 11 is 0. The average Bonchev–Trinajstić information content (AvgIpc) is 3.22. The molecule has 2 rings (SSSR count). The van der Waals surface area contributed by atoms with Crippen molar-refractivity contribution in [3.8, 4) is 0 Å². The summed E-state index contributed by atoms with van der Waals surface area (Å²) in [5.74, 6) is 0.130. The fourth-order valence-electron chi connectivity index (χ4n) is 2.26. The van der Waals surface area contributed by atoms with Crippen molar-refractivity contribution in [2.24, 2.45) is 5.92 Å². The van der Waals surface area contributed by atoms with Gasteiger partial charge in [0.05, 0.1) is 4.92 Å². The highest BCUT2D eigenvalue weighted by atomic mass is 16.6. The van der Waals surface area contributed by atoms with E-state index in [2.05, 4.69) is 10.6 Å². The minimum Gasteiger partial charge on any atom is -0.380 e. The maximum Gasteiger partial charge on any atom is 0.305 e. The Bertz CT molecular complexity index is 526. The number of carbonyl (C=O) groups excluding carboxylic acids is 1. The van der Waals surface area contributed by atoms with Gasteiger partial charge in [0.1, 0.15) is 11.3 Å². The number of nitro benzene ring substituents is 1. The maximum absolute atomic E-state index is 12.2.